The van der Waals surface area contributed by atoms with Crippen molar-refractivity contribution in [3.8, 4) is 17.3 Å². The molecule has 0 radical (unpaired) electrons. The van der Waals surface area contributed by atoms with Gasteiger partial charge in [0.25, 0.3) is 0 Å². The molecule has 3 aromatic rings. The molecular formula is C16H15N5O2. The molecule has 116 valence electrons. The van der Waals surface area contributed by atoms with Crippen molar-refractivity contribution in [3.05, 3.63) is 36.4 Å². The molecule has 0 bridgehead atoms. The first kappa shape index (κ1) is 13.8. The number of methoxy groups -OCH3 is 1. The molecule has 1 aliphatic rings. The molecule has 1 saturated carbocycles. The van der Waals surface area contributed by atoms with Gasteiger partial charge in [-0.25, -0.2) is 19.5 Å². The van der Waals surface area contributed by atoms with E-state index >= 15 is 0 Å². The predicted octanol–water partition coefficient (Wildman–Crippen LogP) is 1.72. The molecule has 4 rings (SSSR count). The molecule has 1 aliphatic carbocycles. The summed E-state index contributed by atoms with van der Waals surface area (Å²) in [6, 6.07) is 6.00. The number of nitrogens with zero attached hydrogens (tertiary/aromatic N) is 5. The summed E-state index contributed by atoms with van der Waals surface area (Å²) in [5.74, 6) is 1.01. The zero-order chi connectivity index (χ0) is 15.8. The Morgan fingerprint density at radius 3 is 2.78 bits per heavy atom. The molecule has 7 nitrogen and oxygen atoms in total. The fourth-order valence-electron chi connectivity index (χ4n) is 2.50. The Balaban J connectivity index is 1.71. The maximum Gasteiger partial charge on any atom is 0.316 e. The highest BCUT2D eigenvalue weighted by molar-refractivity contribution is 5.84. The third-order valence-electron chi connectivity index (χ3n) is 3.88. The first-order valence-corrected chi connectivity index (χ1v) is 7.48. The summed E-state index contributed by atoms with van der Waals surface area (Å²) in [6.45, 7) is 0. The molecule has 0 spiro atoms. The van der Waals surface area contributed by atoms with Crippen LogP contribution in [0.1, 0.15) is 18.7 Å². The smallest absolute Gasteiger partial charge is 0.316 e. The van der Waals surface area contributed by atoms with Gasteiger partial charge in [-0.05, 0) is 25.0 Å². The minimum Gasteiger partial charge on any atom is -0.467 e. The summed E-state index contributed by atoms with van der Waals surface area (Å²) >= 11 is 0. The normalized spacial score (nSPS) is 14.1. The van der Waals surface area contributed by atoms with Crippen LogP contribution < -0.4 is 4.74 Å². The standard InChI is InChI=1S/C16H15N5O2/c1-23-16-17-8-11(9-18-16)12-3-2-4-15-19-14(20-21(12)15)7-13(22)10-5-6-10/h2-4,8-10H,5-7H2,1H3. The van der Waals surface area contributed by atoms with Crippen molar-refractivity contribution < 1.29 is 9.53 Å². The zero-order valence-corrected chi connectivity index (χ0v) is 12.6. The number of carbonyl (C=O) groups excluding carboxylic acids is 1. The molecule has 0 atom stereocenters. The van der Waals surface area contributed by atoms with Crippen LogP contribution in [-0.2, 0) is 11.2 Å². The van der Waals surface area contributed by atoms with Gasteiger partial charge in [-0.3, -0.25) is 4.79 Å². The minimum atomic E-state index is 0.219. The fraction of sp³-hybridized carbons (Fsp3) is 0.312. The van der Waals surface area contributed by atoms with Crippen LogP contribution in [0.3, 0.4) is 0 Å². The number of fused-ring (bicyclic) bond motifs is 1. The van der Waals surface area contributed by atoms with E-state index in [1.165, 1.54) is 7.11 Å². The Morgan fingerprint density at radius 1 is 1.30 bits per heavy atom. The number of aromatic nitrogens is 5. The van der Waals surface area contributed by atoms with Crippen molar-refractivity contribution in [2.45, 2.75) is 19.3 Å². The van der Waals surface area contributed by atoms with Crippen molar-refractivity contribution in [2.24, 2.45) is 5.92 Å². The number of carbonyl (C=O) groups is 1. The van der Waals surface area contributed by atoms with Gasteiger partial charge >= 0.3 is 6.01 Å². The molecule has 0 amide bonds. The Kier molecular flexibility index (Phi) is 3.25. The van der Waals surface area contributed by atoms with Crippen LogP contribution in [-0.4, -0.2) is 37.5 Å². The highest BCUT2D eigenvalue weighted by Gasteiger charge is 2.30. The van der Waals surface area contributed by atoms with E-state index in [1.807, 2.05) is 18.2 Å². The van der Waals surface area contributed by atoms with Crippen LogP contribution in [0.5, 0.6) is 6.01 Å². The van der Waals surface area contributed by atoms with Gasteiger partial charge in [0, 0.05) is 23.9 Å². The van der Waals surface area contributed by atoms with Crippen molar-refractivity contribution in [2.75, 3.05) is 7.11 Å². The first-order valence-electron chi connectivity index (χ1n) is 7.48. The lowest BCUT2D eigenvalue weighted by molar-refractivity contribution is -0.119. The average Bonchev–Trinajstić information content (AvgIpc) is 3.35. The van der Waals surface area contributed by atoms with E-state index in [9.17, 15) is 4.79 Å². The molecule has 0 N–H and O–H groups in total. The van der Waals surface area contributed by atoms with Gasteiger partial charge in [-0.1, -0.05) is 6.07 Å². The monoisotopic (exact) mass is 309 g/mol. The predicted molar refractivity (Wildman–Crippen MR) is 82.0 cm³/mol. The number of hydrogen-bond donors (Lipinski definition) is 0. The SMILES string of the molecule is COc1ncc(-c2cccc3nc(CC(=O)C4CC4)nn23)cn1. The van der Waals surface area contributed by atoms with E-state index in [0.29, 0.717) is 23.9 Å². The Morgan fingerprint density at radius 2 is 2.09 bits per heavy atom. The van der Waals surface area contributed by atoms with Gasteiger partial charge in [0.1, 0.15) is 5.78 Å². The maximum absolute atomic E-state index is 12.0. The van der Waals surface area contributed by atoms with Gasteiger partial charge < -0.3 is 4.74 Å². The average molecular weight is 309 g/mol. The third-order valence-corrected chi connectivity index (χ3v) is 3.88. The first-order chi connectivity index (χ1) is 11.2. The second-order valence-corrected chi connectivity index (χ2v) is 5.58. The van der Waals surface area contributed by atoms with E-state index in [4.69, 9.17) is 4.74 Å². The third kappa shape index (κ3) is 2.65. The van der Waals surface area contributed by atoms with Gasteiger partial charge in [0.15, 0.2) is 11.5 Å². The van der Waals surface area contributed by atoms with Crippen LogP contribution in [0.15, 0.2) is 30.6 Å². The molecule has 3 aromatic heterocycles. The zero-order valence-electron chi connectivity index (χ0n) is 12.6. The van der Waals surface area contributed by atoms with E-state index < -0.39 is 0 Å². The van der Waals surface area contributed by atoms with Crippen LogP contribution in [0.25, 0.3) is 16.9 Å². The molecule has 0 saturated heterocycles. The van der Waals surface area contributed by atoms with Crippen molar-refractivity contribution in [3.63, 3.8) is 0 Å². The van der Waals surface area contributed by atoms with Crippen LogP contribution in [0.2, 0.25) is 0 Å². The minimum absolute atomic E-state index is 0.219. The number of rotatable bonds is 5. The van der Waals surface area contributed by atoms with E-state index in [2.05, 4.69) is 20.1 Å². The Bertz CT molecular complexity index is 868. The summed E-state index contributed by atoms with van der Waals surface area (Å²) in [5.41, 5.74) is 2.33. The topological polar surface area (TPSA) is 82.3 Å². The summed E-state index contributed by atoms with van der Waals surface area (Å²) < 4.78 is 6.70. The Labute approximate surface area is 132 Å². The molecule has 7 heteroatoms. The fourth-order valence-corrected chi connectivity index (χ4v) is 2.50. The quantitative estimate of drug-likeness (QED) is 0.713. The summed E-state index contributed by atoms with van der Waals surface area (Å²) in [4.78, 5) is 24.6. The molecule has 23 heavy (non-hydrogen) atoms. The second kappa shape index (κ2) is 5.42. The molecule has 1 fully saturated rings. The van der Waals surface area contributed by atoms with E-state index in [1.54, 1.807) is 16.9 Å². The number of pyridine rings is 1. The molecule has 0 aromatic carbocycles. The van der Waals surface area contributed by atoms with Gasteiger partial charge in [0.2, 0.25) is 0 Å². The van der Waals surface area contributed by atoms with Gasteiger partial charge in [-0.15, -0.1) is 0 Å². The number of ether oxygens (including phenoxy) is 1. The number of Topliss-reactive ketones (excluding diaryl/α,β-unsaturated/α-hetero) is 1. The van der Waals surface area contributed by atoms with E-state index in [-0.39, 0.29) is 11.7 Å². The molecular weight excluding hydrogens is 294 g/mol. The summed E-state index contributed by atoms with van der Waals surface area (Å²) in [7, 11) is 1.52. The van der Waals surface area contributed by atoms with Crippen molar-refractivity contribution in [1.29, 1.82) is 0 Å². The highest BCUT2D eigenvalue weighted by Crippen LogP contribution is 2.30. The lowest BCUT2D eigenvalue weighted by Crippen LogP contribution is -2.06. The highest BCUT2D eigenvalue weighted by atomic mass is 16.5. The number of hydrogen-bond acceptors (Lipinski definition) is 6. The second-order valence-electron chi connectivity index (χ2n) is 5.58. The van der Waals surface area contributed by atoms with Crippen molar-refractivity contribution >= 4 is 11.4 Å². The van der Waals surface area contributed by atoms with Crippen LogP contribution in [0.4, 0.5) is 0 Å². The van der Waals surface area contributed by atoms with Gasteiger partial charge in [0.05, 0.1) is 19.2 Å². The lowest BCUT2D eigenvalue weighted by atomic mass is 10.2. The summed E-state index contributed by atoms with van der Waals surface area (Å²) in [6.07, 6.45) is 5.65. The Hall–Kier alpha value is -2.83. The molecule has 0 unspecified atom stereocenters. The largest absolute Gasteiger partial charge is 0.467 e. The molecule has 3 heterocycles. The van der Waals surface area contributed by atoms with Crippen LogP contribution >= 0.6 is 0 Å². The van der Waals surface area contributed by atoms with Crippen molar-refractivity contribution in [1.82, 2.24) is 24.6 Å². The van der Waals surface area contributed by atoms with E-state index in [0.717, 1.165) is 24.1 Å². The summed E-state index contributed by atoms with van der Waals surface area (Å²) in [5, 5.41) is 4.48. The number of ketones is 1. The van der Waals surface area contributed by atoms with Gasteiger partial charge in [-0.2, -0.15) is 5.10 Å². The molecule has 0 aliphatic heterocycles. The lowest BCUT2D eigenvalue weighted by Gasteiger charge is -2.03. The maximum atomic E-state index is 12.0. The van der Waals surface area contributed by atoms with Crippen LogP contribution in [0, 0.1) is 5.92 Å².